The molecule has 1 saturated carbocycles. The third-order valence-corrected chi connectivity index (χ3v) is 14.1. The van der Waals surface area contributed by atoms with Gasteiger partial charge in [0.25, 0.3) is 0 Å². The van der Waals surface area contributed by atoms with E-state index in [4.69, 9.17) is 18.9 Å². The summed E-state index contributed by atoms with van der Waals surface area (Å²) < 4.78 is 23.3. The largest absolute Gasteiger partial charge is 0.465 e. The van der Waals surface area contributed by atoms with Crippen LogP contribution in [0.4, 0.5) is 0 Å². The highest BCUT2D eigenvalue weighted by atomic mass is 16.7. The van der Waals surface area contributed by atoms with Crippen LogP contribution in [0, 0.1) is 23.7 Å². The van der Waals surface area contributed by atoms with Crippen molar-refractivity contribution in [1.82, 2.24) is 4.90 Å². The number of rotatable bonds is 42. The number of carbonyl (C=O) groups excluding carboxylic acids is 3. The molecular formula is C54H101NO8. The van der Waals surface area contributed by atoms with Crippen molar-refractivity contribution in [3.8, 4) is 0 Å². The van der Waals surface area contributed by atoms with Crippen molar-refractivity contribution in [1.29, 1.82) is 0 Å². The molecule has 1 N–H and O–H groups in total. The molecule has 1 aliphatic carbocycles. The van der Waals surface area contributed by atoms with Crippen LogP contribution in [0.2, 0.25) is 0 Å². The molecule has 2 aliphatic rings. The SMILES string of the molecule is CCCCCCCCC(CCCCCC)C(=O)OC[C@@H]1CC[C@H](OC(=O)CCCCCCN(CCCCO)CCCCCCOC(=O)C2CCC(CCC)C(CCCCCC)C2)O1. The highest BCUT2D eigenvalue weighted by Gasteiger charge is 2.34. The topological polar surface area (TPSA) is 112 Å². The number of esters is 3. The lowest BCUT2D eigenvalue weighted by atomic mass is 9.70. The highest BCUT2D eigenvalue weighted by molar-refractivity contribution is 5.73. The van der Waals surface area contributed by atoms with Crippen molar-refractivity contribution in [2.24, 2.45) is 23.7 Å². The molecule has 4 unspecified atom stereocenters. The minimum Gasteiger partial charge on any atom is -0.465 e. The minimum atomic E-state index is -0.547. The van der Waals surface area contributed by atoms with Crippen LogP contribution in [0.5, 0.6) is 0 Å². The predicted molar refractivity (Wildman–Crippen MR) is 258 cm³/mol. The van der Waals surface area contributed by atoms with Crippen molar-refractivity contribution in [2.75, 3.05) is 39.5 Å². The molecule has 1 saturated heterocycles. The monoisotopic (exact) mass is 892 g/mol. The lowest BCUT2D eigenvalue weighted by molar-refractivity contribution is -0.181. The number of carbonyl (C=O) groups is 3. The lowest BCUT2D eigenvalue weighted by Gasteiger charge is -2.35. The summed E-state index contributed by atoms with van der Waals surface area (Å²) >= 11 is 0. The molecule has 0 spiro atoms. The summed E-state index contributed by atoms with van der Waals surface area (Å²) in [4.78, 5) is 41.3. The average molecular weight is 892 g/mol. The summed E-state index contributed by atoms with van der Waals surface area (Å²) in [5.41, 5.74) is 0. The predicted octanol–water partition coefficient (Wildman–Crippen LogP) is 13.8. The number of ether oxygens (including phenoxy) is 4. The fourth-order valence-corrected chi connectivity index (χ4v) is 10.1. The molecule has 1 aliphatic heterocycles. The van der Waals surface area contributed by atoms with Crippen LogP contribution in [0.3, 0.4) is 0 Å². The van der Waals surface area contributed by atoms with E-state index in [0.29, 0.717) is 25.4 Å². The normalized spacial score (nSPS) is 20.6. The first-order valence-electron chi connectivity index (χ1n) is 27.4. The van der Waals surface area contributed by atoms with E-state index in [-0.39, 0.29) is 49.1 Å². The summed E-state index contributed by atoms with van der Waals surface area (Å²) in [6.45, 7) is 13.1. The first-order valence-corrected chi connectivity index (χ1v) is 27.4. The summed E-state index contributed by atoms with van der Waals surface area (Å²) in [5, 5.41) is 9.35. The summed E-state index contributed by atoms with van der Waals surface area (Å²) in [5.74, 6) is 1.32. The summed E-state index contributed by atoms with van der Waals surface area (Å²) in [6, 6.07) is 0. The van der Waals surface area contributed by atoms with Crippen molar-refractivity contribution >= 4 is 17.9 Å². The molecule has 370 valence electrons. The van der Waals surface area contributed by atoms with Gasteiger partial charge in [-0.1, -0.05) is 163 Å². The van der Waals surface area contributed by atoms with Crippen LogP contribution in [0.25, 0.3) is 0 Å². The van der Waals surface area contributed by atoms with Gasteiger partial charge in [-0.15, -0.1) is 0 Å². The Morgan fingerprint density at radius 3 is 1.84 bits per heavy atom. The molecule has 2 fully saturated rings. The zero-order valence-corrected chi connectivity index (χ0v) is 41.7. The standard InChI is InChI=1S/C54H101NO8/c1-5-9-12-15-16-23-32-47(31-21-13-10-6-2)53(58)61-45-50-37-38-52(62-50)63-51(57)34-24-17-18-25-39-55(41-27-28-42-56)40-26-19-20-29-43-60-54(59)49-36-35-46(30-8-4)48(44-49)33-22-14-11-7-3/h46-50,52,56H,5-45H2,1-4H3/t46?,47?,48?,49?,50-,52-/m0/s1. The van der Waals surface area contributed by atoms with Crippen LogP contribution in [0.15, 0.2) is 0 Å². The van der Waals surface area contributed by atoms with E-state index in [2.05, 4.69) is 32.6 Å². The minimum absolute atomic E-state index is 0.0270. The first kappa shape index (κ1) is 57.4. The molecule has 0 bridgehead atoms. The van der Waals surface area contributed by atoms with Crippen LogP contribution < -0.4 is 0 Å². The molecule has 0 aromatic carbocycles. The number of aliphatic hydroxyl groups is 1. The van der Waals surface area contributed by atoms with Gasteiger partial charge in [0.2, 0.25) is 6.29 Å². The second kappa shape index (κ2) is 39.5. The third-order valence-electron chi connectivity index (χ3n) is 14.1. The van der Waals surface area contributed by atoms with Gasteiger partial charge in [0.15, 0.2) is 0 Å². The maximum Gasteiger partial charge on any atom is 0.309 e. The zero-order chi connectivity index (χ0) is 45.6. The van der Waals surface area contributed by atoms with E-state index in [1.807, 2.05) is 0 Å². The maximum atomic E-state index is 13.1. The molecule has 63 heavy (non-hydrogen) atoms. The second-order valence-electron chi connectivity index (χ2n) is 19.7. The Bertz CT molecular complexity index is 1100. The van der Waals surface area contributed by atoms with Crippen LogP contribution >= 0.6 is 0 Å². The molecule has 1 heterocycles. The van der Waals surface area contributed by atoms with Crippen LogP contribution in [-0.2, 0) is 33.3 Å². The Morgan fingerprint density at radius 2 is 1.17 bits per heavy atom. The van der Waals surface area contributed by atoms with Gasteiger partial charge >= 0.3 is 17.9 Å². The van der Waals surface area contributed by atoms with Gasteiger partial charge in [0.1, 0.15) is 6.61 Å². The van der Waals surface area contributed by atoms with E-state index in [0.717, 1.165) is 135 Å². The van der Waals surface area contributed by atoms with E-state index < -0.39 is 6.29 Å². The van der Waals surface area contributed by atoms with E-state index in [1.165, 1.54) is 103 Å². The molecule has 0 radical (unpaired) electrons. The van der Waals surface area contributed by atoms with Crippen molar-refractivity contribution in [2.45, 2.75) is 265 Å². The van der Waals surface area contributed by atoms with Gasteiger partial charge < -0.3 is 29.0 Å². The Labute approximate surface area is 388 Å². The molecule has 0 aromatic heterocycles. The lowest BCUT2D eigenvalue weighted by Crippen LogP contribution is -2.30. The number of hydrogen-bond acceptors (Lipinski definition) is 9. The van der Waals surface area contributed by atoms with Gasteiger partial charge in [-0.05, 0) is 109 Å². The third kappa shape index (κ3) is 28.8. The quantitative estimate of drug-likeness (QED) is 0.0364. The van der Waals surface area contributed by atoms with E-state index in [1.54, 1.807) is 0 Å². The van der Waals surface area contributed by atoms with Crippen LogP contribution in [-0.4, -0.2) is 79.8 Å². The second-order valence-corrected chi connectivity index (χ2v) is 19.7. The number of unbranched alkanes of at least 4 members (excludes halogenated alkanes) is 18. The van der Waals surface area contributed by atoms with Gasteiger partial charge in [0, 0.05) is 19.4 Å². The average Bonchev–Trinajstić information content (AvgIpc) is 3.73. The van der Waals surface area contributed by atoms with Crippen LogP contribution in [0.1, 0.15) is 252 Å². The van der Waals surface area contributed by atoms with Crippen molar-refractivity contribution in [3.05, 3.63) is 0 Å². The number of nitrogens with zero attached hydrogens (tertiary/aromatic N) is 1. The summed E-state index contributed by atoms with van der Waals surface area (Å²) in [7, 11) is 0. The number of aliphatic hydroxyl groups excluding tert-OH is 1. The summed E-state index contributed by atoms with van der Waals surface area (Å²) in [6.07, 6.45) is 37.2. The van der Waals surface area contributed by atoms with Gasteiger partial charge in [-0.2, -0.15) is 0 Å². The smallest absolute Gasteiger partial charge is 0.309 e. The van der Waals surface area contributed by atoms with Crippen molar-refractivity contribution < 1.29 is 38.4 Å². The van der Waals surface area contributed by atoms with Crippen molar-refractivity contribution in [3.63, 3.8) is 0 Å². The molecule has 6 atom stereocenters. The van der Waals surface area contributed by atoms with E-state index in [9.17, 15) is 19.5 Å². The molecule has 9 nitrogen and oxygen atoms in total. The number of hydrogen-bond donors (Lipinski definition) is 1. The highest BCUT2D eigenvalue weighted by Crippen LogP contribution is 2.40. The van der Waals surface area contributed by atoms with Gasteiger partial charge in [0.05, 0.1) is 24.5 Å². The fourth-order valence-electron chi connectivity index (χ4n) is 10.1. The fraction of sp³-hybridized carbons (Fsp3) is 0.944. The Balaban J connectivity index is 1.57. The molecule has 2 rings (SSSR count). The molecule has 0 aromatic rings. The first-order chi connectivity index (χ1) is 30.8. The molecule has 9 heteroatoms. The van der Waals surface area contributed by atoms with Gasteiger partial charge in [-0.25, -0.2) is 0 Å². The molecular weight excluding hydrogens is 791 g/mol. The maximum absolute atomic E-state index is 13.1. The molecule has 0 amide bonds. The Morgan fingerprint density at radius 1 is 0.587 bits per heavy atom. The zero-order valence-electron chi connectivity index (χ0n) is 41.7. The van der Waals surface area contributed by atoms with Gasteiger partial charge in [-0.3, -0.25) is 14.4 Å². The van der Waals surface area contributed by atoms with E-state index >= 15 is 0 Å². The Kier molecular flexibility index (Phi) is 36.0. The Hall–Kier alpha value is -1.71.